The molecule has 0 spiro atoms. The lowest BCUT2D eigenvalue weighted by Crippen LogP contribution is -2.33. The average molecular weight is 345 g/mol. The van der Waals surface area contributed by atoms with Gasteiger partial charge in [0.05, 0.1) is 18.7 Å². The normalized spacial score (nSPS) is 19.5. The number of hydrogen-bond acceptors (Lipinski definition) is 5. The van der Waals surface area contributed by atoms with Gasteiger partial charge in [-0.2, -0.15) is 5.26 Å². The minimum Gasteiger partial charge on any atom is -0.468 e. The highest BCUT2D eigenvalue weighted by atomic mass is 16.5. The number of benzene rings is 1. The van der Waals surface area contributed by atoms with Crippen molar-refractivity contribution in [3.05, 3.63) is 71.2 Å². The van der Waals surface area contributed by atoms with E-state index < -0.39 is 5.92 Å². The van der Waals surface area contributed by atoms with Crippen LogP contribution in [0.5, 0.6) is 0 Å². The summed E-state index contributed by atoms with van der Waals surface area (Å²) in [4.78, 5) is 21.4. The SMILES string of the molecule is COC(=O)C1C(C)=NC(C)=C(c2cccnc2)C1c1ccccc1C#N. The Morgan fingerprint density at radius 1 is 1.19 bits per heavy atom. The second-order valence-corrected chi connectivity index (χ2v) is 6.17. The first kappa shape index (κ1) is 17.6. The van der Waals surface area contributed by atoms with Crippen LogP contribution in [-0.2, 0) is 9.53 Å². The van der Waals surface area contributed by atoms with Gasteiger partial charge in [-0.25, -0.2) is 0 Å². The number of aromatic nitrogens is 1. The van der Waals surface area contributed by atoms with E-state index in [9.17, 15) is 10.1 Å². The number of nitrogens with zero attached hydrogens (tertiary/aromatic N) is 3. The van der Waals surface area contributed by atoms with Crippen molar-refractivity contribution in [3.63, 3.8) is 0 Å². The van der Waals surface area contributed by atoms with Gasteiger partial charge in [-0.1, -0.05) is 24.3 Å². The molecule has 0 amide bonds. The second kappa shape index (κ2) is 7.32. The Morgan fingerprint density at radius 3 is 2.62 bits per heavy atom. The molecule has 0 bridgehead atoms. The van der Waals surface area contributed by atoms with Crippen LogP contribution in [0.3, 0.4) is 0 Å². The fourth-order valence-corrected chi connectivity index (χ4v) is 3.58. The number of rotatable bonds is 3. The number of allylic oxidation sites excluding steroid dienone is 2. The van der Waals surface area contributed by atoms with Crippen molar-refractivity contribution < 1.29 is 9.53 Å². The standard InChI is InChI=1S/C21H19N3O2/c1-13-18(16-8-6-10-23-12-16)20(17-9-5-4-7-15(17)11-22)19(14(2)24-13)21(25)26-3/h4-10,12,19-20H,1-3H3. The third kappa shape index (κ3) is 3.02. The number of carbonyl (C=O) groups is 1. The predicted octanol–water partition coefficient (Wildman–Crippen LogP) is 3.73. The van der Waals surface area contributed by atoms with Crippen molar-refractivity contribution in [2.24, 2.45) is 10.9 Å². The summed E-state index contributed by atoms with van der Waals surface area (Å²) in [6, 6.07) is 13.4. The molecule has 26 heavy (non-hydrogen) atoms. The topological polar surface area (TPSA) is 75.3 Å². The zero-order valence-corrected chi connectivity index (χ0v) is 14.9. The van der Waals surface area contributed by atoms with E-state index in [-0.39, 0.29) is 11.9 Å². The zero-order valence-electron chi connectivity index (χ0n) is 14.9. The summed E-state index contributed by atoms with van der Waals surface area (Å²) in [5.41, 5.74) is 4.59. The van der Waals surface area contributed by atoms with Crippen molar-refractivity contribution >= 4 is 17.3 Å². The molecule has 1 aliphatic rings. The first-order chi connectivity index (χ1) is 12.6. The van der Waals surface area contributed by atoms with Crippen LogP contribution in [0.15, 0.2) is 59.5 Å². The van der Waals surface area contributed by atoms with Crippen LogP contribution in [-0.4, -0.2) is 23.8 Å². The molecule has 0 fully saturated rings. The van der Waals surface area contributed by atoms with Crippen LogP contribution in [0.25, 0.3) is 5.57 Å². The van der Waals surface area contributed by atoms with Gasteiger partial charge in [0.2, 0.25) is 0 Å². The van der Waals surface area contributed by atoms with Gasteiger partial charge in [-0.3, -0.25) is 14.8 Å². The molecule has 2 unspecified atom stereocenters. The quantitative estimate of drug-likeness (QED) is 0.794. The van der Waals surface area contributed by atoms with E-state index in [2.05, 4.69) is 16.0 Å². The van der Waals surface area contributed by atoms with Gasteiger partial charge < -0.3 is 4.74 Å². The number of pyridine rings is 1. The molecule has 5 nitrogen and oxygen atoms in total. The van der Waals surface area contributed by atoms with Crippen molar-refractivity contribution in [2.45, 2.75) is 19.8 Å². The van der Waals surface area contributed by atoms with E-state index in [0.29, 0.717) is 11.3 Å². The molecular formula is C21H19N3O2. The van der Waals surface area contributed by atoms with E-state index in [0.717, 1.165) is 22.4 Å². The van der Waals surface area contributed by atoms with Crippen LogP contribution in [0, 0.1) is 17.2 Å². The molecule has 0 N–H and O–H groups in total. The Hall–Kier alpha value is -3.26. The Balaban J connectivity index is 2.30. The summed E-state index contributed by atoms with van der Waals surface area (Å²) in [6.45, 7) is 3.74. The molecule has 0 saturated heterocycles. The number of methoxy groups -OCH3 is 1. The highest BCUT2D eigenvalue weighted by molar-refractivity contribution is 6.06. The van der Waals surface area contributed by atoms with Crippen molar-refractivity contribution in [2.75, 3.05) is 7.11 Å². The van der Waals surface area contributed by atoms with E-state index in [1.165, 1.54) is 7.11 Å². The highest BCUT2D eigenvalue weighted by Gasteiger charge is 2.40. The van der Waals surface area contributed by atoms with Crippen LogP contribution in [0.2, 0.25) is 0 Å². The lowest BCUT2D eigenvalue weighted by Gasteiger charge is -2.33. The Bertz CT molecular complexity index is 939. The maximum absolute atomic E-state index is 12.6. The third-order valence-electron chi connectivity index (χ3n) is 4.67. The number of carbonyl (C=O) groups excluding carboxylic acids is 1. The molecule has 0 saturated carbocycles. The number of esters is 1. The Morgan fingerprint density at radius 2 is 1.96 bits per heavy atom. The van der Waals surface area contributed by atoms with Gasteiger partial charge >= 0.3 is 5.97 Å². The largest absolute Gasteiger partial charge is 0.468 e. The summed E-state index contributed by atoms with van der Waals surface area (Å²) in [5.74, 6) is -1.31. The highest BCUT2D eigenvalue weighted by Crippen LogP contribution is 2.45. The molecular weight excluding hydrogens is 326 g/mol. The van der Waals surface area contributed by atoms with Gasteiger partial charge in [0, 0.05) is 29.7 Å². The molecule has 1 aromatic carbocycles. The fourth-order valence-electron chi connectivity index (χ4n) is 3.58. The lowest BCUT2D eigenvalue weighted by molar-refractivity contribution is -0.143. The summed E-state index contributed by atoms with van der Waals surface area (Å²) >= 11 is 0. The van der Waals surface area contributed by atoms with Gasteiger partial charge in [0.15, 0.2) is 0 Å². The molecule has 5 heteroatoms. The van der Waals surface area contributed by atoms with Crippen molar-refractivity contribution in [1.82, 2.24) is 4.98 Å². The number of ether oxygens (including phenoxy) is 1. The van der Waals surface area contributed by atoms with E-state index in [4.69, 9.17) is 4.74 Å². The average Bonchev–Trinajstić information content (AvgIpc) is 2.67. The smallest absolute Gasteiger partial charge is 0.315 e. The molecule has 1 aliphatic heterocycles. The lowest BCUT2D eigenvalue weighted by atomic mass is 9.72. The van der Waals surface area contributed by atoms with Crippen molar-refractivity contribution in [3.8, 4) is 6.07 Å². The summed E-state index contributed by atoms with van der Waals surface area (Å²) < 4.78 is 5.06. The van der Waals surface area contributed by atoms with Gasteiger partial charge in [0.25, 0.3) is 0 Å². The molecule has 2 atom stereocenters. The molecule has 0 radical (unpaired) electrons. The van der Waals surface area contributed by atoms with Crippen LogP contribution >= 0.6 is 0 Å². The van der Waals surface area contributed by atoms with Crippen molar-refractivity contribution in [1.29, 1.82) is 5.26 Å². The maximum atomic E-state index is 12.6. The van der Waals surface area contributed by atoms with E-state index in [1.807, 2.05) is 44.2 Å². The minimum atomic E-state index is -0.589. The van der Waals surface area contributed by atoms with Gasteiger partial charge in [-0.05, 0) is 42.7 Å². The Kier molecular flexibility index (Phi) is 4.94. The monoisotopic (exact) mass is 345 g/mol. The summed E-state index contributed by atoms with van der Waals surface area (Å²) in [5, 5.41) is 9.59. The van der Waals surface area contributed by atoms with Gasteiger partial charge in [0.1, 0.15) is 5.92 Å². The summed E-state index contributed by atoms with van der Waals surface area (Å²) in [6.07, 6.45) is 3.46. The number of hydrogen-bond donors (Lipinski definition) is 0. The predicted molar refractivity (Wildman–Crippen MR) is 99.3 cm³/mol. The minimum absolute atomic E-state index is 0.361. The molecule has 2 heterocycles. The second-order valence-electron chi connectivity index (χ2n) is 6.17. The molecule has 3 rings (SSSR count). The maximum Gasteiger partial charge on any atom is 0.315 e. The van der Waals surface area contributed by atoms with Crippen LogP contribution < -0.4 is 0 Å². The van der Waals surface area contributed by atoms with E-state index in [1.54, 1.807) is 18.5 Å². The van der Waals surface area contributed by atoms with Gasteiger partial charge in [-0.15, -0.1) is 0 Å². The molecule has 130 valence electrons. The summed E-state index contributed by atoms with van der Waals surface area (Å²) in [7, 11) is 1.37. The zero-order chi connectivity index (χ0) is 18.7. The third-order valence-corrected chi connectivity index (χ3v) is 4.67. The molecule has 0 aliphatic carbocycles. The first-order valence-corrected chi connectivity index (χ1v) is 8.31. The van der Waals surface area contributed by atoms with E-state index >= 15 is 0 Å². The number of aliphatic imine (C=N–C) groups is 1. The van der Waals surface area contributed by atoms with Crippen LogP contribution in [0.1, 0.15) is 36.5 Å². The Labute approximate surface area is 152 Å². The molecule has 1 aromatic heterocycles. The molecule has 2 aromatic rings. The fraction of sp³-hybridized carbons (Fsp3) is 0.238. The first-order valence-electron chi connectivity index (χ1n) is 8.31. The number of nitriles is 1. The van der Waals surface area contributed by atoms with Crippen LogP contribution in [0.4, 0.5) is 0 Å².